The van der Waals surface area contributed by atoms with Gasteiger partial charge < -0.3 is 9.47 Å². The fourth-order valence-electron chi connectivity index (χ4n) is 2.92. The van der Waals surface area contributed by atoms with Crippen LogP contribution < -0.4 is 4.74 Å². The standard InChI is InChI=1S/C16H20O3/c1-16(8-2-9-19-16)15(17)6-4-12-3-5-14-13(11-12)7-10-18-14/h3,5,11H,2,4,6-10H2,1H3. The Balaban J connectivity index is 1.61. The number of hydrogen-bond acceptors (Lipinski definition) is 3. The Morgan fingerprint density at radius 1 is 1.37 bits per heavy atom. The maximum absolute atomic E-state index is 12.2. The zero-order chi connectivity index (χ0) is 13.3. The van der Waals surface area contributed by atoms with Crippen LogP contribution in [0.5, 0.6) is 5.75 Å². The summed E-state index contributed by atoms with van der Waals surface area (Å²) in [4.78, 5) is 12.2. The van der Waals surface area contributed by atoms with Gasteiger partial charge in [0.05, 0.1) is 6.61 Å². The molecule has 1 fully saturated rings. The van der Waals surface area contributed by atoms with E-state index in [-0.39, 0.29) is 5.78 Å². The van der Waals surface area contributed by atoms with E-state index in [0.29, 0.717) is 6.42 Å². The Bertz CT molecular complexity index is 487. The van der Waals surface area contributed by atoms with Crippen molar-refractivity contribution in [2.24, 2.45) is 0 Å². The molecular weight excluding hydrogens is 240 g/mol. The summed E-state index contributed by atoms with van der Waals surface area (Å²) >= 11 is 0. The molecule has 0 spiro atoms. The van der Waals surface area contributed by atoms with E-state index in [1.54, 1.807) is 0 Å². The van der Waals surface area contributed by atoms with Gasteiger partial charge >= 0.3 is 0 Å². The lowest BCUT2D eigenvalue weighted by molar-refractivity contribution is -0.137. The molecule has 0 radical (unpaired) electrons. The van der Waals surface area contributed by atoms with Crippen molar-refractivity contribution < 1.29 is 14.3 Å². The third-order valence-corrected chi connectivity index (χ3v) is 4.20. The number of hydrogen-bond donors (Lipinski definition) is 0. The van der Waals surface area contributed by atoms with Gasteiger partial charge in [0.25, 0.3) is 0 Å². The molecule has 0 saturated carbocycles. The molecule has 19 heavy (non-hydrogen) atoms. The van der Waals surface area contributed by atoms with Gasteiger partial charge in [-0.05, 0) is 43.4 Å². The van der Waals surface area contributed by atoms with Crippen LogP contribution in [0.4, 0.5) is 0 Å². The molecule has 102 valence electrons. The second kappa shape index (κ2) is 4.97. The molecule has 1 atom stereocenters. The van der Waals surface area contributed by atoms with Crippen molar-refractivity contribution in [1.29, 1.82) is 0 Å². The maximum atomic E-state index is 12.2. The lowest BCUT2D eigenvalue weighted by Crippen LogP contribution is -2.34. The second-order valence-electron chi connectivity index (χ2n) is 5.65. The summed E-state index contributed by atoms with van der Waals surface area (Å²) in [7, 11) is 0. The van der Waals surface area contributed by atoms with E-state index in [4.69, 9.17) is 9.47 Å². The third kappa shape index (κ3) is 2.52. The number of fused-ring (bicyclic) bond motifs is 1. The normalized spacial score (nSPS) is 25.1. The summed E-state index contributed by atoms with van der Waals surface area (Å²) in [5.74, 6) is 1.24. The highest BCUT2D eigenvalue weighted by Gasteiger charge is 2.36. The molecule has 0 aliphatic carbocycles. The minimum atomic E-state index is -0.528. The molecule has 2 heterocycles. The van der Waals surface area contributed by atoms with Crippen molar-refractivity contribution in [3.63, 3.8) is 0 Å². The van der Waals surface area contributed by atoms with Crippen molar-refractivity contribution >= 4 is 5.78 Å². The van der Waals surface area contributed by atoms with Gasteiger partial charge in [0, 0.05) is 19.4 Å². The minimum absolute atomic E-state index is 0.238. The molecule has 3 rings (SSSR count). The zero-order valence-corrected chi connectivity index (χ0v) is 11.4. The van der Waals surface area contributed by atoms with Crippen LogP contribution in [-0.2, 0) is 22.4 Å². The van der Waals surface area contributed by atoms with Crippen molar-refractivity contribution in [2.45, 2.75) is 44.6 Å². The van der Waals surface area contributed by atoms with Crippen LogP contribution in [0.1, 0.15) is 37.3 Å². The molecule has 2 aliphatic rings. The Kier molecular flexibility index (Phi) is 3.31. The topological polar surface area (TPSA) is 35.5 Å². The monoisotopic (exact) mass is 260 g/mol. The Hall–Kier alpha value is -1.35. The largest absolute Gasteiger partial charge is 0.493 e. The molecule has 1 unspecified atom stereocenters. The van der Waals surface area contributed by atoms with E-state index < -0.39 is 5.60 Å². The quantitative estimate of drug-likeness (QED) is 0.835. The number of benzene rings is 1. The summed E-state index contributed by atoms with van der Waals surface area (Å²) in [5, 5.41) is 0. The molecule has 3 nitrogen and oxygen atoms in total. The molecule has 0 bridgehead atoms. The molecule has 1 aromatic rings. The van der Waals surface area contributed by atoms with Gasteiger partial charge in [0.1, 0.15) is 11.4 Å². The van der Waals surface area contributed by atoms with Crippen LogP contribution in [0, 0.1) is 0 Å². The van der Waals surface area contributed by atoms with Crippen molar-refractivity contribution in [3.8, 4) is 5.75 Å². The van der Waals surface area contributed by atoms with E-state index in [1.165, 1.54) is 11.1 Å². The minimum Gasteiger partial charge on any atom is -0.493 e. The average Bonchev–Trinajstić information content (AvgIpc) is 3.04. The molecular formula is C16H20O3. The summed E-state index contributed by atoms with van der Waals surface area (Å²) in [6.07, 6.45) is 4.21. The first-order valence-corrected chi connectivity index (χ1v) is 7.09. The zero-order valence-electron chi connectivity index (χ0n) is 11.4. The first-order valence-electron chi connectivity index (χ1n) is 7.09. The van der Waals surface area contributed by atoms with Gasteiger partial charge in [-0.2, -0.15) is 0 Å². The lowest BCUT2D eigenvalue weighted by Gasteiger charge is -2.21. The van der Waals surface area contributed by atoms with Crippen LogP contribution in [-0.4, -0.2) is 24.6 Å². The average molecular weight is 260 g/mol. The van der Waals surface area contributed by atoms with E-state index in [1.807, 2.05) is 13.0 Å². The van der Waals surface area contributed by atoms with Crippen LogP contribution in [0.25, 0.3) is 0 Å². The SMILES string of the molecule is CC1(C(=O)CCc2ccc3c(c2)CCO3)CCCO1. The Morgan fingerprint density at radius 3 is 3.05 bits per heavy atom. The summed E-state index contributed by atoms with van der Waals surface area (Å²) in [6.45, 7) is 3.43. The Morgan fingerprint density at radius 2 is 2.26 bits per heavy atom. The van der Waals surface area contributed by atoms with Gasteiger partial charge in [-0.3, -0.25) is 4.79 Å². The second-order valence-corrected chi connectivity index (χ2v) is 5.65. The molecule has 3 heteroatoms. The number of Topliss-reactive ketones (excluding diaryl/α,β-unsaturated/α-hetero) is 1. The van der Waals surface area contributed by atoms with Crippen molar-refractivity contribution in [2.75, 3.05) is 13.2 Å². The van der Waals surface area contributed by atoms with Crippen LogP contribution in [0.15, 0.2) is 18.2 Å². The number of rotatable bonds is 4. The molecule has 0 amide bonds. The highest BCUT2D eigenvalue weighted by Crippen LogP contribution is 2.29. The maximum Gasteiger partial charge on any atom is 0.164 e. The Labute approximate surface area is 113 Å². The first-order chi connectivity index (χ1) is 9.17. The number of carbonyl (C=O) groups is 1. The molecule has 0 aromatic heterocycles. The van der Waals surface area contributed by atoms with E-state index in [2.05, 4.69) is 12.1 Å². The highest BCUT2D eigenvalue weighted by molar-refractivity contribution is 5.87. The molecule has 0 N–H and O–H groups in total. The van der Waals surface area contributed by atoms with Gasteiger partial charge in [-0.15, -0.1) is 0 Å². The molecule has 1 aromatic carbocycles. The van der Waals surface area contributed by atoms with Gasteiger partial charge in [0.15, 0.2) is 5.78 Å². The number of ether oxygens (including phenoxy) is 2. The first kappa shape index (κ1) is 12.7. The summed E-state index contributed by atoms with van der Waals surface area (Å²) in [6, 6.07) is 6.26. The number of ketones is 1. The van der Waals surface area contributed by atoms with Gasteiger partial charge in [-0.1, -0.05) is 12.1 Å². The van der Waals surface area contributed by atoms with E-state index in [9.17, 15) is 4.79 Å². The fourth-order valence-corrected chi connectivity index (χ4v) is 2.92. The highest BCUT2D eigenvalue weighted by atomic mass is 16.5. The van der Waals surface area contributed by atoms with Gasteiger partial charge in [-0.25, -0.2) is 0 Å². The van der Waals surface area contributed by atoms with Crippen molar-refractivity contribution in [1.82, 2.24) is 0 Å². The third-order valence-electron chi connectivity index (χ3n) is 4.20. The van der Waals surface area contributed by atoms with Gasteiger partial charge in [0.2, 0.25) is 0 Å². The molecule has 1 saturated heterocycles. The smallest absolute Gasteiger partial charge is 0.164 e. The number of aryl methyl sites for hydroxylation is 1. The summed E-state index contributed by atoms with van der Waals surface area (Å²) < 4.78 is 11.1. The molecule has 2 aliphatic heterocycles. The predicted molar refractivity (Wildman–Crippen MR) is 72.6 cm³/mol. The summed E-state index contributed by atoms with van der Waals surface area (Å²) in [5.41, 5.74) is 1.97. The number of carbonyl (C=O) groups excluding carboxylic acids is 1. The lowest BCUT2D eigenvalue weighted by atomic mass is 9.92. The predicted octanol–water partition coefficient (Wildman–Crippen LogP) is 2.69. The van der Waals surface area contributed by atoms with Crippen LogP contribution >= 0.6 is 0 Å². The van der Waals surface area contributed by atoms with E-state index >= 15 is 0 Å². The van der Waals surface area contributed by atoms with Crippen molar-refractivity contribution in [3.05, 3.63) is 29.3 Å². The van der Waals surface area contributed by atoms with E-state index in [0.717, 1.165) is 44.6 Å². The van der Waals surface area contributed by atoms with Crippen LogP contribution in [0.2, 0.25) is 0 Å². The fraction of sp³-hybridized carbons (Fsp3) is 0.562. The van der Waals surface area contributed by atoms with Crippen LogP contribution in [0.3, 0.4) is 0 Å².